The minimum Gasteiger partial charge on any atom is -0.481 e. The third-order valence-corrected chi connectivity index (χ3v) is 3.08. The van der Waals surface area contributed by atoms with Crippen LogP contribution in [0.3, 0.4) is 0 Å². The van der Waals surface area contributed by atoms with Gasteiger partial charge in [-0.05, 0) is 12.2 Å². The lowest BCUT2D eigenvalue weighted by Crippen LogP contribution is -2.34. The van der Waals surface area contributed by atoms with Gasteiger partial charge in [0.15, 0.2) is 0 Å². The molecule has 16 heavy (non-hydrogen) atoms. The molecule has 96 valence electrons. The van der Waals surface area contributed by atoms with Gasteiger partial charge < -0.3 is 10.8 Å². The van der Waals surface area contributed by atoms with Gasteiger partial charge in [0, 0.05) is 11.8 Å². The normalized spacial score (nSPS) is 15.8. The zero-order valence-corrected chi connectivity index (χ0v) is 9.77. The highest BCUT2D eigenvalue weighted by molar-refractivity contribution is 7.99. The lowest BCUT2D eigenvalue weighted by atomic mass is 9.97. The minimum absolute atomic E-state index is 0.331. The van der Waals surface area contributed by atoms with E-state index in [2.05, 4.69) is 0 Å². The van der Waals surface area contributed by atoms with Crippen LogP contribution in [-0.4, -0.2) is 34.8 Å². The number of hydrogen-bond donors (Lipinski definition) is 2. The highest BCUT2D eigenvalue weighted by atomic mass is 32.2. The van der Waals surface area contributed by atoms with Crippen LogP contribution in [0.25, 0.3) is 0 Å². The molecule has 7 heteroatoms. The summed E-state index contributed by atoms with van der Waals surface area (Å²) in [6.07, 6.45) is -5.73. The highest BCUT2D eigenvalue weighted by Crippen LogP contribution is 2.32. The van der Waals surface area contributed by atoms with Crippen LogP contribution in [0, 0.1) is 5.92 Å². The second-order valence-electron chi connectivity index (χ2n) is 3.49. The summed E-state index contributed by atoms with van der Waals surface area (Å²) >= 11 is 1.45. The number of hydrogen-bond acceptors (Lipinski definition) is 3. The topological polar surface area (TPSA) is 63.3 Å². The molecule has 0 aliphatic carbocycles. The summed E-state index contributed by atoms with van der Waals surface area (Å²) < 4.78 is 37.3. The van der Waals surface area contributed by atoms with Crippen LogP contribution in [0.15, 0.2) is 0 Å². The van der Waals surface area contributed by atoms with Crippen molar-refractivity contribution in [1.82, 2.24) is 0 Å². The van der Waals surface area contributed by atoms with Crippen LogP contribution < -0.4 is 5.73 Å². The molecule has 0 unspecified atom stereocenters. The van der Waals surface area contributed by atoms with Gasteiger partial charge in [-0.15, -0.1) is 0 Å². The van der Waals surface area contributed by atoms with E-state index >= 15 is 0 Å². The number of aliphatic carboxylic acids is 1. The molecular formula is C9H16F3NO2S. The van der Waals surface area contributed by atoms with Crippen molar-refractivity contribution in [3.8, 4) is 0 Å². The molecule has 0 aromatic carbocycles. The smallest absolute Gasteiger partial charge is 0.392 e. The molecule has 0 heterocycles. The van der Waals surface area contributed by atoms with Crippen molar-refractivity contribution in [2.45, 2.75) is 32.0 Å². The molecule has 2 atom stereocenters. The highest BCUT2D eigenvalue weighted by Gasteiger charge is 2.41. The first-order valence-corrected chi connectivity index (χ1v) is 6.04. The van der Waals surface area contributed by atoms with Crippen LogP contribution in [0.4, 0.5) is 13.2 Å². The minimum atomic E-state index is -4.49. The molecule has 3 nitrogen and oxygen atoms in total. The Morgan fingerprint density at radius 3 is 2.44 bits per heavy atom. The summed E-state index contributed by atoms with van der Waals surface area (Å²) in [4.78, 5) is 10.3. The molecule has 0 aromatic rings. The molecular weight excluding hydrogens is 243 g/mol. The number of halogens is 3. The predicted octanol–water partition coefficient (Wildman–Crippen LogP) is 2.11. The van der Waals surface area contributed by atoms with Gasteiger partial charge in [0.05, 0.1) is 12.3 Å². The summed E-state index contributed by atoms with van der Waals surface area (Å²) in [5, 5.41) is 8.39. The Morgan fingerprint density at radius 1 is 1.50 bits per heavy atom. The number of carbonyl (C=O) groups is 1. The van der Waals surface area contributed by atoms with Crippen molar-refractivity contribution >= 4 is 17.7 Å². The van der Waals surface area contributed by atoms with E-state index in [9.17, 15) is 18.0 Å². The Kier molecular flexibility index (Phi) is 6.82. The van der Waals surface area contributed by atoms with Gasteiger partial charge in [0.1, 0.15) is 0 Å². The zero-order chi connectivity index (χ0) is 12.8. The Labute approximate surface area is 96.6 Å². The van der Waals surface area contributed by atoms with Gasteiger partial charge in [-0.2, -0.15) is 24.9 Å². The molecule has 0 aliphatic heterocycles. The SMILES string of the molecule is CCSC[C@@H](N)C[C@@H](CC(=O)O)C(F)(F)F. The fourth-order valence-corrected chi connectivity index (χ4v) is 1.92. The second-order valence-corrected chi connectivity index (χ2v) is 4.81. The average molecular weight is 259 g/mol. The van der Waals surface area contributed by atoms with Crippen molar-refractivity contribution in [2.24, 2.45) is 11.7 Å². The second kappa shape index (κ2) is 7.01. The zero-order valence-electron chi connectivity index (χ0n) is 8.96. The Balaban J connectivity index is 4.26. The molecule has 0 rings (SSSR count). The fourth-order valence-electron chi connectivity index (χ4n) is 1.25. The Morgan fingerprint density at radius 2 is 2.06 bits per heavy atom. The average Bonchev–Trinajstić information content (AvgIpc) is 2.11. The number of nitrogens with two attached hydrogens (primary N) is 1. The summed E-state index contributed by atoms with van der Waals surface area (Å²) in [6.45, 7) is 1.88. The monoisotopic (exact) mass is 259 g/mol. The molecule has 0 amide bonds. The molecule has 0 aromatic heterocycles. The Bertz CT molecular complexity index is 223. The van der Waals surface area contributed by atoms with Crippen LogP contribution in [0.1, 0.15) is 19.8 Å². The van der Waals surface area contributed by atoms with Crippen molar-refractivity contribution < 1.29 is 23.1 Å². The molecule has 3 N–H and O–H groups in total. The maximum absolute atomic E-state index is 12.4. The van der Waals surface area contributed by atoms with Crippen LogP contribution in [-0.2, 0) is 4.79 Å². The fraction of sp³-hybridized carbons (Fsp3) is 0.889. The van der Waals surface area contributed by atoms with E-state index in [-0.39, 0.29) is 6.42 Å². The number of carboxylic acids is 1. The first kappa shape index (κ1) is 15.6. The number of carboxylic acid groups (broad SMARTS) is 1. The Hall–Kier alpha value is -0.430. The predicted molar refractivity (Wildman–Crippen MR) is 57.4 cm³/mol. The standard InChI is InChI=1S/C9H16F3NO2S/c1-2-16-5-7(13)3-6(4-8(14)15)9(10,11)12/h6-7H,2-5,13H2,1H3,(H,14,15)/t6-,7-/m0/s1. The summed E-state index contributed by atoms with van der Waals surface area (Å²) in [5.74, 6) is -2.10. The van der Waals surface area contributed by atoms with E-state index in [0.717, 1.165) is 5.75 Å². The van der Waals surface area contributed by atoms with Crippen LogP contribution >= 0.6 is 11.8 Å². The van der Waals surface area contributed by atoms with Gasteiger partial charge in [0.2, 0.25) is 0 Å². The largest absolute Gasteiger partial charge is 0.481 e. The van der Waals surface area contributed by atoms with Gasteiger partial charge in [-0.25, -0.2) is 0 Å². The van der Waals surface area contributed by atoms with E-state index in [1.165, 1.54) is 11.8 Å². The molecule has 0 bridgehead atoms. The quantitative estimate of drug-likeness (QED) is 0.735. The van der Waals surface area contributed by atoms with E-state index in [0.29, 0.717) is 5.75 Å². The number of alkyl halides is 3. The lowest BCUT2D eigenvalue weighted by Gasteiger charge is -2.21. The van der Waals surface area contributed by atoms with Crippen molar-refractivity contribution in [3.05, 3.63) is 0 Å². The van der Waals surface area contributed by atoms with Crippen molar-refractivity contribution in [3.63, 3.8) is 0 Å². The van der Waals surface area contributed by atoms with Gasteiger partial charge in [-0.3, -0.25) is 4.79 Å². The lowest BCUT2D eigenvalue weighted by molar-refractivity contribution is -0.185. The maximum atomic E-state index is 12.4. The van der Waals surface area contributed by atoms with Crippen LogP contribution in [0.2, 0.25) is 0 Å². The molecule has 0 aliphatic rings. The third kappa shape index (κ3) is 6.95. The molecule has 0 saturated heterocycles. The summed E-state index contributed by atoms with van der Waals surface area (Å²) in [7, 11) is 0. The molecule has 0 radical (unpaired) electrons. The molecule has 0 spiro atoms. The van der Waals surface area contributed by atoms with Crippen molar-refractivity contribution in [2.75, 3.05) is 11.5 Å². The number of rotatable bonds is 7. The van der Waals surface area contributed by atoms with Gasteiger partial charge in [-0.1, -0.05) is 6.92 Å². The van der Waals surface area contributed by atoms with E-state index in [1.807, 2.05) is 6.92 Å². The first-order valence-electron chi connectivity index (χ1n) is 4.89. The van der Waals surface area contributed by atoms with Gasteiger partial charge >= 0.3 is 12.1 Å². The number of thioether (sulfide) groups is 1. The summed E-state index contributed by atoms with van der Waals surface area (Å²) in [5.41, 5.74) is 5.52. The molecule has 0 saturated carbocycles. The maximum Gasteiger partial charge on any atom is 0.392 e. The van der Waals surface area contributed by atoms with E-state index in [1.54, 1.807) is 0 Å². The van der Waals surface area contributed by atoms with Crippen LogP contribution in [0.5, 0.6) is 0 Å². The van der Waals surface area contributed by atoms with Gasteiger partial charge in [0.25, 0.3) is 0 Å². The first-order chi connectivity index (χ1) is 7.27. The van der Waals surface area contributed by atoms with E-state index < -0.39 is 30.5 Å². The van der Waals surface area contributed by atoms with Crippen molar-refractivity contribution in [1.29, 1.82) is 0 Å². The summed E-state index contributed by atoms with van der Waals surface area (Å²) in [6, 6.07) is -0.615. The van der Waals surface area contributed by atoms with E-state index in [4.69, 9.17) is 10.8 Å². The molecule has 0 fully saturated rings. The third-order valence-electron chi connectivity index (χ3n) is 2.01.